The molecule has 0 aromatic rings. The molecule has 0 amide bonds. The first kappa shape index (κ1) is 14.8. The van der Waals surface area contributed by atoms with Gasteiger partial charge in [0.1, 0.15) is 0 Å². The van der Waals surface area contributed by atoms with E-state index in [4.69, 9.17) is 9.47 Å². The first-order valence-corrected chi connectivity index (χ1v) is 8.38. The molecule has 0 aromatic heterocycles. The fourth-order valence-electron chi connectivity index (χ4n) is 3.08. The third-order valence-corrected chi connectivity index (χ3v) is 5.52. The molecule has 3 nitrogen and oxygen atoms in total. The lowest BCUT2D eigenvalue weighted by molar-refractivity contribution is -0.0189. The Bertz CT molecular complexity index is 236. The summed E-state index contributed by atoms with van der Waals surface area (Å²) in [4.78, 5) is 2.63. The SMILES string of the molecule is CCOC1CCN(CC2(CBr)CCOCC2)CC1. The number of alkyl halides is 1. The second kappa shape index (κ2) is 7.22. The van der Waals surface area contributed by atoms with Crippen molar-refractivity contribution in [3.05, 3.63) is 0 Å². The summed E-state index contributed by atoms with van der Waals surface area (Å²) < 4.78 is 11.2. The number of likely N-dealkylation sites (tertiary alicyclic amines) is 1. The van der Waals surface area contributed by atoms with Crippen molar-refractivity contribution < 1.29 is 9.47 Å². The number of halogens is 1. The van der Waals surface area contributed by atoms with E-state index < -0.39 is 0 Å². The summed E-state index contributed by atoms with van der Waals surface area (Å²) in [6.45, 7) is 8.42. The highest BCUT2D eigenvalue weighted by Crippen LogP contribution is 2.34. The molecule has 2 heterocycles. The van der Waals surface area contributed by atoms with E-state index in [1.807, 2.05) is 0 Å². The van der Waals surface area contributed by atoms with Gasteiger partial charge in [-0.15, -0.1) is 0 Å². The molecule has 0 spiro atoms. The fourth-order valence-corrected chi connectivity index (χ4v) is 3.82. The molecule has 2 aliphatic heterocycles. The molecule has 0 saturated carbocycles. The molecule has 0 N–H and O–H groups in total. The van der Waals surface area contributed by atoms with Crippen molar-refractivity contribution in [2.75, 3.05) is 44.8 Å². The Kier molecular flexibility index (Phi) is 5.93. The molecular weight excluding hydrogens is 294 g/mol. The van der Waals surface area contributed by atoms with Crippen molar-refractivity contribution in [1.29, 1.82) is 0 Å². The van der Waals surface area contributed by atoms with Crippen molar-refractivity contribution in [2.24, 2.45) is 5.41 Å². The van der Waals surface area contributed by atoms with Gasteiger partial charge in [0.25, 0.3) is 0 Å². The van der Waals surface area contributed by atoms with Crippen LogP contribution in [0.2, 0.25) is 0 Å². The van der Waals surface area contributed by atoms with Gasteiger partial charge in [-0.3, -0.25) is 0 Å². The van der Waals surface area contributed by atoms with Crippen molar-refractivity contribution in [1.82, 2.24) is 4.90 Å². The molecule has 4 heteroatoms. The number of nitrogens with zero attached hydrogens (tertiary/aromatic N) is 1. The van der Waals surface area contributed by atoms with Gasteiger partial charge in [0, 0.05) is 44.8 Å². The first-order valence-electron chi connectivity index (χ1n) is 7.26. The summed E-state index contributed by atoms with van der Waals surface area (Å²) in [5.41, 5.74) is 0.441. The average molecular weight is 320 g/mol. The molecule has 18 heavy (non-hydrogen) atoms. The third kappa shape index (κ3) is 3.92. The Labute approximate surface area is 119 Å². The maximum absolute atomic E-state index is 5.72. The summed E-state index contributed by atoms with van der Waals surface area (Å²) >= 11 is 3.72. The second-order valence-electron chi connectivity index (χ2n) is 5.68. The van der Waals surface area contributed by atoms with Crippen LogP contribution < -0.4 is 0 Å². The molecule has 2 aliphatic rings. The Morgan fingerprint density at radius 2 is 1.94 bits per heavy atom. The Morgan fingerprint density at radius 3 is 2.50 bits per heavy atom. The first-order chi connectivity index (χ1) is 8.78. The Balaban J connectivity index is 1.79. The van der Waals surface area contributed by atoms with Crippen LogP contribution in [-0.2, 0) is 9.47 Å². The van der Waals surface area contributed by atoms with Gasteiger partial charge in [-0.2, -0.15) is 0 Å². The molecule has 2 rings (SSSR count). The summed E-state index contributed by atoms with van der Waals surface area (Å²) in [7, 11) is 0. The number of ether oxygens (including phenoxy) is 2. The van der Waals surface area contributed by atoms with Gasteiger partial charge < -0.3 is 14.4 Å². The smallest absolute Gasteiger partial charge is 0.0599 e. The molecule has 0 aliphatic carbocycles. The molecular formula is C14H26BrNO2. The Hall–Kier alpha value is 0.360. The highest BCUT2D eigenvalue weighted by molar-refractivity contribution is 9.09. The van der Waals surface area contributed by atoms with Crippen LogP contribution in [0.3, 0.4) is 0 Å². The number of hydrogen-bond acceptors (Lipinski definition) is 3. The van der Waals surface area contributed by atoms with Gasteiger partial charge in [-0.05, 0) is 38.0 Å². The van der Waals surface area contributed by atoms with Gasteiger partial charge in [0.2, 0.25) is 0 Å². The summed E-state index contributed by atoms with van der Waals surface area (Å²) in [5, 5.41) is 1.11. The van der Waals surface area contributed by atoms with Crippen molar-refractivity contribution in [2.45, 2.75) is 38.7 Å². The van der Waals surface area contributed by atoms with E-state index in [9.17, 15) is 0 Å². The van der Waals surface area contributed by atoms with E-state index in [1.54, 1.807) is 0 Å². The Morgan fingerprint density at radius 1 is 1.28 bits per heavy atom. The standard InChI is InChI=1S/C14H26BrNO2/c1-2-18-13-3-7-16(8-4-13)12-14(11-15)5-9-17-10-6-14/h13H,2-12H2,1H3. The van der Waals surface area contributed by atoms with Crippen LogP contribution in [0.25, 0.3) is 0 Å². The van der Waals surface area contributed by atoms with Crippen LogP contribution >= 0.6 is 15.9 Å². The topological polar surface area (TPSA) is 21.7 Å². The monoisotopic (exact) mass is 319 g/mol. The van der Waals surface area contributed by atoms with Gasteiger partial charge >= 0.3 is 0 Å². The average Bonchev–Trinajstić information content (AvgIpc) is 2.42. The van der Waals surface area contributed by atoms with E-state index in [-0.39, 0.29) is 0 Å². The third-order valence-electron chi connectivity index (χ3n) is 4.33. The molecule has 106 valence electrons. The zero-order valence-corrected chi connectivity index (χ0v) is 13.1. The maximum Gasteiger partial charge on any atom is 0.0599 e. The lowest BCUT2D eigenvalue weighted by Crippen LogP contribution is -2.46. The van der Waals surface area contributed by atoms with Crippen LogP contribution in [0.4, 0.5) is 0 Å². The summed E-state index contributed by atoms with van der Waals surface area (Å²) in [5.74, 6) is 0. The summed E-state index contributed by atoms with van der Waals surface area (Å²) in [6.07, 6.45) is 5.29. The molecule has 0 radical (unpaired) electrons. The predicted octanol–water partition coefficient (Wildman–Crippen LogP) is 2.68. The molecule has 0 aromatic carbocycles. The van der Waals surface area contributed by atoms with Crippen LogP contribution in [0.5, 0.6) is 0 Å². The fraction of sp³-hybridized carbons (Fsp3) is 1.00. The van der Waals surface area contributed by atoms with Crippen molar-refractivity contribution in [3.8, 4) is 0 Å². The molecule has 0 unspecified atom stereocenters. The number of piperidine rings is 1. The zero-order valence-electron chi connectivity index (χ0n) is 11.5. The largest absolute Gasteiger partial charge is 0.381 e. The lowest BCUT2D eigenvalue weighted by atomic mass is 9.81. The second-order valence-corrected chi connectivity index (χ2v) is 6.24. The van der Waals surface area contributed by atoms with Crippen LogP contribution in [0, 0.1) is 5.41 Å². The van der Waals surface area contributed by atoms with Gasteiger partial charge in [0.15, 0.2) is 0 Å². The number of rotatable bonds is 5. The maximum atomic E-state index is 5.72. The molecule has 2 fully saturated rings. The van der Waals surface area contributed by atoms with Crippen molar-refractivity contribution >= 4 is 15.9 Å². The number of hydrogen-bond donors (Lipinski definition) is 0. The van der Waals surface area contributed by atoms with E-state index in [2.05, 4.69) is 27.8 Å². The quantitative estimate of drug-likeness (QED) is 0.727. The lowest BCUT2D eigenvalue weighted by Gasteiger charge is -2.42. The summed E-state index contributed by atoms with van der Waals surface area (Å²) in [6, 6.07) is 0. The van der Waals surface area contributed by atoms with E-state index in [0.717, 1.165) is 25.2 Å². The minimum absolute atomic E-state index is 0.441. The van der Waals surface area contributed by atoms with Gasteiger partial charge in [-0.25, -0.2) is 0 Å². The normalized spacial score (nSPS) is 26.3. The van der Waals surface area contributed by atoms with Crippen LogP contribution in [0.1, 0.15) is 32.6 Å². The van der Waals surface area contributed by atoms with E-state index >= 15 is 0 Å². The highest BCUT2D eigenvalue weighted by Gasteiger charge is 2.34. The van der Waals surface area contributed by atoms with E-state index in [1.165, 1.54) is 45.3 Å². The minimum atomic E-state index is 0.441. The van der Waals surface area contributed by atoms with Gasteiger partial charge in [0.05, 0.1) is 6.10 Å². The van der Waals surface area contributed by atoms with E-state index in [0.29, 0.717) is 11.5 Å². The molecule has 0 bridgehead atoms. The minimum Gasteiger partial charge on any atom is -0.381 e. The highest BCUT2D eigenvalue weighted by atomic mass is 79.9. The van der Waals surface area contributed by atoms with Gasteiger partial charge in [-0.1, -0.05) is 15.9 Å². The molecule has 0 atom stereocenters. The zero-order chi connectivity index (χ0) is 12.8. The predicted molar refractivity (Wildman–Crippen MR) is 77.4 cm³/mol. The van der Waals surface area contributed by atoms with Crippen LogP contribution in [-0.4, -0.2) is 55.8 Å². The van der Waals surface area contributed by atoms with Crippen molar-refractivity contribution in [3.63, 3.8) is 0 Å². The molecule has 2 saturated heterocycles. The van der Waals surface area contributed by atoms with Crippen LogP contribution in [0.15, 0.2) is 0 Å².